The van der Waals surface area contributed by atoms with Crippen molar-refractivity contribution in [1.82, 2.24) is 19.5 Å². The van der Waals surface area contributed by atoms with Crippen molar-refractivity contribution >= 4 is 56.5 Å². The molecule has 23 heteroatoms. The van der Waals surface area contributed by atoms with Gasteiger partial charge in [0, 0.05) is 0 Å². The molecule has 0 aromatic carbocycles. The smallest absolute Gasteiger partial charge is 0.387 e. The lowest BCUT2D eigenvalue weighted by Crippen LogP contribution is -2.33. The molecular formula is C10H15BrN5O14P3. The van der Waals surface area contributed by atoms with E-state index in [9.17, 15) is 33.6 Å². The molecule has 186 valence electrons. The molecule has 33 heavy (non-hydrogen) atoms. The molecule has 0 aliphatic carbocycles. The van der Waals surface area contributed by atoms with E-state index in [1.54, 1.807) is 0 Å². The lowest BCUT2D eigenvalue weighted by atomic mass is 10.1. The van der Waals surface area contributed by atoms with Crippen LogP contribution in [0.15, 0.2) is 9.53 Å². The highest BCUT2D eigenvalue weighted by molar-refractivity contribution is 9.10. The zero-order chi connectivity index (χ0) is 24.9. The maximum absolute atomic E-state index is 12.0. The first-order valence-electron chi connectivity index (χ1n) is 8.23. The number of nitrogens with one attached hydrogen (secondary N) is 1. The third-order valence-corrected chi connectivity index (χ3v) is 8.30. The molecule has 19 nitrogen and oxygen atoms in total. The Bertz CT molecular complexity index is 1260. The van der Waals surface area contributed by atoms with Crippen LogP contribution >= 0.6 is 39.4 Å². The van der Waals surface area contributed by atoms with Crippen molar-refractivity contribution in [2.45, 2.75) is 24.5 Å². The summed E-state index contributed by atoms with van der Waals surface area (Å²) in [5, 5.41) is 20.6. The number of halogens is 1. The molecule has 3 rings (SSSR count). The van der Waals surface area contributed by atoms with Gasteiger partial charge in [-0.1, -0.05) is 0 Å². The third kappa shape index (κ3) is 6.14. The maximum Gasteiger partial charge on any atom is 0.490 e. The van der Waals surface area contributed by atoms with Crippen LogP contribution < -0.4 is 11.3 Å². The standard InChI is InChI=1S/C10H15BrN5O14P3/c11-9-13-3-6(14-10(12)15-7(3)19)16(9)8-5(18)4(17)2(28-8)1-27-32(23,24)30-33(25,26)29-31(20,21)22/h2,4-5,8,17-18H,1H2,(H,23,24)(H,25,26)(H2,20,21,22)(H3,12,14,15,19). The van der Waals surface area contributed by atoms with E-state index in [1.165, 1.54) is 0 Å². The first-order valence-corrected chi connectivity index (χ1v) is 13.5. The molecule has 6 atom stereocenters. The summed E-state index contributed by atoms with van der Waals surface area (Å²) < 4.78 is 51.8. The summed E-state index contributed by atoms with van der Waals surface area (Å²) in [7, 11) is -16.8. The van der Waals surface area contributed by atoms with Crippen molar-refractivity contribution in [3.8, 4) is 0 Å². The highest BCUT2D eigenvalue weighted by atomic mass is 79.9. The van der Waals surface area contributed by atoms with Crippen molar-refractivity contribution in [3.05, 3.63) is 15.1 Å². The minimum atomic E-state index is -5.74. The number of aromatic nitrogens is 4. The van der Waals surface area contributed by atoms with E-state index in [2.05, 4.69) is 44.0 Å². The molecule has 1 fully saturated rings. The van der Waals surface area contributed by atoms with Crippen LogP contribution in [0.25, 0.3) is 11.2 Å². The fourth-order valence-electron chi connectivity index (χ4n) is 2.75. The largest absolute Gasteiger partial charge is 0.490 e. The van der Waals surface area contributed by atoms with E-state index in [0.29, 0.717) is 0 Å². The van der Waals surface area contributed by atoms with Crippen molar-refractivity contribution in [2.24, 2.45) is 0 Å². The summed E-state index contributed by atoms with van der Waals surface area (Å²) in [5.74, 6) is -0.293. The highest BCUT2D eigenvalue weighted by Gasteiger charge is 2.47. The van der Waals surface area contributed by atoms with Crippen LogP contribution in [-0.2, 0) is 31.6 Å². The number of hydrogen-bond donors (Lipinski definition) is 8. The number of ether oxygens (including phenoxy) is 1. The zero-order valence-electron chi connectivity index (χ0n) is 15.6. The monoisotopic (exact) mass is 601 g/mol. The lowest BCUT2D eigenvalue weighted by molar-refractivity contribution is -0.0513. The maximum atomic E-state index is 12.0. The van der Waals surface area contributed by atoms with Crippen molar-refractivity contribution in [3.63, 3.8) is 0 Å². The SMILES string of the molecule is Nc1nc2c(nc(Br)n2C2OC(COP(=O)(O)OP(=O)(O)OP(=O)(O)O)C(O)C2O)c(=O)[nH]1. The number of hydrogen-bond acceptors (Lipinski definition) is 13. The van der Waals surface area contributed by atoms with E-state index >= 15 is 0 Å². The van der Waals surface area contributed by atoms with E-state index in [1.807, 2.05) is 0 Å². The highest BCUT2D eigenvalue weighted by Crippen LogP contribution is 2.66. The Morgan fingerprint density at radius 2 is 1.73 bits per heavy atom. The average molecular weight is 602 g/mol. The second-order valence-electron chi connectivity index (χ2n) is 6.31. The van der Waals surface area contributed by atoms with E-state index in [4.69, 9.17) is 25.2 Å². The van der Waals surface area contributed by atoms with Crippen LogP contribution in [0, 0.1) is 0 Å². The number of nitrogens with two attached hydrogens (primary N) is 1. The van der Waals surface area contributed by atoms with E-state index in [-0.39, 0.29) is 21.8 Å². The average Bonchev–Trinajstić information content (AvgIpc) is 3.07. The Kier molecular flexibility index (Phi) is 7.38. The molecule has 0 bridgehead atoms. The summed E-state index contributed by atoms with van der Waals surface area (Å²) >= 11 is 3.05. The number of aromatic amines is 1. The van der Waals surface area contributed by atoms with Crippen LogP contribution in [0.5, 0.6) is 0 Å². The van der Waals surface area contributed by atoms with Gasteiger partial charge in [0.25, 0.3) is 5.56 Å². The van der Waals surface area contributed by atoms with Crippen LogP contribution in [0.1, 0.15) is 6.23 Å². The zero-order valence-corrected chi connectivity index (χ0v) is 19.9. The topological polar surface area (TPSA) is 299 Å². The lowest BCUT2D eigenvalue weighted by Gasteiger charge is -2.19. The number of fused-ring (bicyclic) bond motifs is 1. The van der Waals surface area contributed by atoms with Crippen molar-refractivity contribution < 1.29 is 61.4 Å². The Hall–Kier alpha value is -1.08. The Morgan fingerprint density at radius 3 is 2.33 bits per heavy atom. The minimum absolute atomic E-state index is 0.0640. The number of H-pyrrole nitrogens is 1. The quantitative estimate of drug-likeness (QED) is 0.125. The number of aliphatic hydroxyl groups is 2. The van der Waals surface area contributed by atoms with Crippen LogP contribution in [0.2, 0.25) is 0 Å². The summed E-state index contributed by atoms with van der Waals surface area (Å²) in [6.45, 7) is -1.03. The van der Waals surface area contributed by atoms with Crippen LogP contribution in [0.4, 0.5) is 5.95 Å². The summed E-state index contributed by atoms with van der Waals surface area (Å²) in [6, 6.07) is 0. The van der Waals surface area contributed by atoms with Gasteiger partial charge in [0.05, 0.1) is 6.61 Å². The van der Waals surface area contributed by atoms with Crippen molar-refractivity contribution in [2.75, 3.05) is 12.3 Å². The number of nitrogen functional groups attached to an aromatic ring is 1. The van der Waals surface area contributed by atoms with Gasteiger partial charge in [0.15, 0.2) is 22.1 Å². The van der Waals surface area contributed by atoms with Gasteiger partial charge in [0.2, 0.25) is 5.95 Å². The van der Waals surface area contributed by atoms with Gasteiger partial charge in [-0.3, -0.25) is 18.9 Å². The fraction of sp³-hybridized carbons (Fsp3) is 0.500. The third-order valence-electron chi connectivity index (χ3n) is 3.94. The first-order chi connectivity index (χ1) is 15.0. The predicted octanol–water partition coefficient (Wildman–Crippen LogP) is -1.57. The molecule has 9 N–H and O–H groups in total. The Labute approximate surface area is 189 Å². The summed E-state index contributed by atoms with van der Waals surface area (Å²) in [4.78, 5) is 57.7. The number of anilines is 1. The molecule has 0 amide bonds. The van der Waals surface area contributed by atoms with Gasteiger partial charge >= 0.3 is 23.5 Å². The fourth-order valence-corrected chi connectivity index (χ4v) is 6.33. The summed E-state index contributed by atoms with van der Waals surface area (Å²) in [6.07, 6.45) is -6.53. The summed E-state index contributed by atoms with van der Waals surface area (Å²) in [5.41, 5.74) is 4.45. The predicted molar refractivity (Wildman–Crippen MR) is 106 cm³/mol. The Morgan fingerprint density at radius 1 is 1.09 bits per heavy atom. The number of aliphatic hydroxyl groups excluding tert-OH is 2. The molecule has 6 unspecified atom stereocenters. The normalized spacial score (nSPS) is 27.5. The molecule has 0 spiro atoms. The first kappa shape index (κ1) is 26.5. The molecule has 1 aliphatic heterocycles. The van der Waals surface area contributed by atoms with Gasteiger partial charge in [-0.2, -0.15) is 13.6 Å². The number of nitrogens with zero attached hydrogens (tertiary/aromatic N) is 3. The number of phosphoric acid groups is 3. The van der Waals surface area contributed by atoms with Gasteiger partial charge in [-0.15, -0.1) is 0 Å². The second kappa shape index (κ2) is 9.18. The molecule has 2 aromatic rings. The number of imidazole rings is 1. The molecule has 0 saturated carbocycles. The second-order valence-corrected chi connectivity index (χ2v) is 11.4. The molecule has 1 aliphatic rings. The molecular weight excluding hydrogens is 587 g/mol. The molecule has 1 saturated heterocycles. The van der Waals surface area contributed by atoms with Gasteiger partial charge in [-0.05, 0) is 15.9 Å². The molecule has 3 heterocycles. The van der Waals surface area contributed by atoms with E-state index in [0.717, 1.165) is 4.57 Å². The van der Waals surface area contributed by atoms with Gasteiger partial charge in [-0.25, -0.2) is 18.7 Å². The van der Waals surface area contributed by atoms with Gasteiger partial charge < -0.3 is 40.3 Å². The Balaban J connectivity index is 1.77. The minimum Gasteiger partial charge on any atom is -0.387 e. The molecule has 0 radical (unpaired) electrons. The number of phosphoric ester groups is 1. The van der Waals surface area contributed by atoms with Crippen LogP contribution in [0.3, 0.4) is 0 Å². The van der Waals surface area contributed by atoms with Crippen LogP contribution in [-0.4, -0.2) is 74.2 Å². The molecule has 2 aromatic heterocycles. The van der Waals surface area contributed by atoms with E-state index < -0.39 is 60.2 Å². The number of rotatable bonds is 8. The van der Waals surface area contributed by atoms with Crippen molar-refractivity contribution in [1.29, 1.82) is 0 Å². The van der Waals surface area contributed by atoms with Gasteiger partial charge in [0.1, 0.15) is 18.3 Å².